The number of carbonyl (C=O) groups is 3. The van der Waals surface area contributed by atoms with E-state index in [1.54, 1.807) is 0 Å². The van der Waals surface area contributed by atoms with Gasteiger partial charge in [0.05, 0.1) is 16.7 Å². The van der Waals surface area contributed by atoms with Gasteiger partial charge in [-0.05, 0) is 18.6 Å². The number of hydrogen-bond acceptors (Lipinski definition) is 4. The molecule has 0 saturated carbocycles. The molecule has 0 amide bonds. The fraction of sp³-hybridized carbons (Fsp3) is 0.667. The van der Waals surface area contributed by atoms with Crippen LogP contribution < -0.4 is 5.32 Å². The van der Waals surface area contributed by atoms with E-state index in [4.69, 9.17) is 0 Å². The van der Waals surface area contributed by atoms with Crippen LogP contribution in [0.3, 0.4) is 0 Å². The molecule has 0 aliphatic carbocycles. The van der Waals surface area contributed by atoms with Crippen LogP contribution in [0.15, 0.2) is 12.1 Å². The molecular formula is C27H46NNa3O6. The van der Waals surface area contributed by atoms with Crippen molar-refractivity contribution in [1.82, 2.24) is 0 Å². The van der Waals surface area contributed by atoms with Crippen molar-refractivity contribution in [2.24, 2.45) is 0 Å². The van der Waals surface area contributed by atoms with Gasteiger partial charge in [0.25, 0.3) is 0 Å². The Bertz CT molecular complexity index is 742. The van der Waals surface area contributed by atoms with Gasteiger partial charge in [-0.25, -0.2) is 14.4 Å². The van der Waals surface area contributed by atoms with Crippen LogP contribution in [0.5, 0.6) is 0 Å². The van der Waals surface area contributed by atoms with E-state index in [0.717, 1.165) is 19.3 Å². The standard InChI is InChI=1S/C27H43NO6.3Na.3H/c1-2-3-4-5-6-7-8-9-10-11-12-13-14-15-16-17-18-28-21-19-22(25(29)30)24(27(33)34)23(20-21)26(31)32;;;;;;/h19-20,28H,2-18H2,1H3,(H,29,30)(H,31,32)(H,33,34);;;;;;. The van der Waals surface area contributed by atoms with Crippen molar-refractivity contribution >= 4 is 112 Å². The molecule has 37 heavy (non-hydrogen) atoms. The Labute approximate surface area is 289 Å². The van der Waals surface area contributed by atoms with E-state index in [1.165, 1.54) is 95.6 Å². The zero-order valence-electron chi connectivity index (χ0n) is 20.7. The van der Waals surface area contributed by atoms with Gasteiger partial charge in [-0.2, -0.15) is 0 Å². The van der Waals surface area contributed by atoms with Gasteiger partial charge in [-0.1, -0.05) is 103 Å². The van der Waals surface area contributed by atoms with Crippen molar-refractivity contribution in [3.05, 3.63) is 28.8 Å². The van der Waals surface area contributed by atoms with Gasteiger partial charge in [0.15, 0.2) is 0 Å². The summed E-state index contributed by atoms with van der Waals surface area (Å²) in [5, 5.41) is 30.8. The van der Waals surface area contributed by atoms with Crippen LogP contribution in [-0.4, -0.2) is 128 Å². The molecule has 0 atom stereocenters. The average Bonchev–Trinajstić information content (AvgIpc) is 2.80. The number of rotatable bonds is 21. The van der Waals surface area contributed by atoms with Gasteiger partial charge in [0.2, 0.25) is 0 Å². The number of hydrogen-bond donors (Lipinski definition) is 4. The van der Waals surface area contributed by atoms with Crippen molar-refractivity contribution in [3.8, 4) is 0 Å². The molecule has 0 radical (unpaired) electrons. The molecule has 1 rings (SSSR count). The minimum atomic E-state index is -1.57. The van der Waals surface area contributed by atoms with Crippen LogP contribution in [0.25, 0.3) is 0 Å². The van der Waals surface area contributed by atoms with E-state index in [9.17, 15) is 29.7 Å². The Morgan fingerprint density at radius 3 is 1.19 bits per heavy atom. The second-order valence-electron chi connectivity index (χ2n) is 9.09. The molecule has 0 spiro atoms. The number of nitrogens with one attached hydrogen (secondary N) is 1. The predicted octanol–water partition coefficient (Wildman–Crippen LogP) is 5.51. The van der Waals surface area contributed by atoms with Crippen LogP contribution in [-0.2, 0) is 0 Å². The summed E-state index contributed by atoms with van der Waals surface area (Å²) in [7, 11) is 0. The first-order chi connectivity index (χ1) is 16.4. The molecule has 0 fully saturated rings. The molecule has 10 heteroatoms. The number of anilines is 1. The van der Waals surface area contributed by atoms with E-state index in [2.05, 4.69) is 12.2 Å². The quantitative estimate of drug-likeness (QED) is 0.118. The SMILES string of the molecule is CCCCCCCCCCCCCCCCCCNc1cc(C(=O)O)c(C(=O)O)c(C(=O)O)c1.[NaH].[NaH].[NaH]. The van der Waals surface area contributed by atoms with Gasteiger partial charge in [-0.3, -0.25) is 0 Å². The van der Waals surface area contributed by atoms with Crippen molar-refractivity contribution in [2.75, 3.05) is 11.9 Å². The average molecular weight is 550 g/mol. The molecule has 0 aromatic heterocycles. The van der Waals surface area contributed by atoms with Crippen LogP contribution in [0.2, 0.25) is 0 Å². The summed E-state index contributed by atoms with van der Waals surface area (Å²) in [5.74, 6) is -4.50. The normalized spacial score (nSPS) is 9.97. The number of unbranched alkanes of at least 4 members (excludes halogenated alkanes) is 15. The third kappa shape index (κ3) is 19.2. The molecule has 0 bridgehead atoms. The molecule has 0 aliphatic rings. The van der Waals surface area contributed by atoms with Crippen LogP contribution >= 0.6 is 0 Å². The van der Waals surface area contributed by atoms with E-state index < -0.39 is 34.6 Å². The number of benzene rings is 1. The Balaban J connectivity index is -0.00000385. The molecule has 1 aromatic rings. The van der Waals surface area contributed by atoms with E-state index in [0.29, 0.717) is 12.2 Å². The van der Waals surface area contributed by atoms with E-state index in [-0.39, 0.29) is 88.7 Å². The molecule has 0 aliphatic heterocycles. The second kappa shape index (κ2) is 26.6. The van der Waals surface area contributed by atoms with E-state index >= 15 is 0 Å². The van der Waals surface area contributed by atoms with Gasteiger partial charge in [-0.15, -0.1) is 0 Å². The second-order valence-corrected chi connectivity index (χ2v) is 9.09. The summed E-state index contributed by atoms with van der Waals surface area (Å²) in [5.41, 5.74) is -1.45. The first kappa shape index (κ1) is 41.9. The first-order valence-electron chi connectivity index (χ1n) is 13.0. The molecule has 0 unspecified atom stereocenters. The summed E-state index contributed by atoms with van der Waals surface area (Å²) < 4.78 is 0. The monoisotopic (exact) mass is 549 g/mol. The number of carboxylic acid groups (broad SMARTS) is 3. The zero-order valence-corrected chi connectivity index (χ0v) is 20.7. The summed E-state index contributed by atoms with van der Waals surface area (Å²) in [6.07, 6.45) is 20.5. The Morgan fingerprint density at radius 2 is 0.892 bits per heavy atom. The van der Waals surface area contributed by atoms with Crippen molar-refractivity contribution in [2.45, 2.75) is 110 Å². The molecule has 0 saturated heterocycles. The summed E-state index contributed by atoms with van der Waals surface area (Å²) in [6.45, 7) is 2.83. The van der Waals surface area contributed by atoms with Crippen molar-refractivity contribution in [1.29, 1.82) is 0 Å². The Kier molecular flexibility index (Phi) is 30.2. The van der Waals surface area contributed by atoms with Crippen molar-refractivity contribution in [3.63, 3.8) is 0 Å². The van der Waals surface area contributed by atoms with Crippen LogP contribution in [0, 0.1) is 0 Å². The predicted molar refractivity (Wildman–Crippen MR) is 157 cm³/mol. The molecular weight excluding hydrogens is 503 g/mol. The summed E-state index contributed by atoms with van der Waals surface area (Å²) in [6, 6.07) is 2.37. The van der Waals surface area contributed by atoms with Crippen LogP contribution in [0.1, 0.15) is 141 Å². The summed E-state index contributed by atoms with van der Waals surface area (Å²) >= 11 is 0. The third-order valence-electron chi connectivity index (χ3n) is 6.17. The number of aromatic carboxylic acids is 3. The fourth-order valence-corrected chi connectivity index (χ4v) is 4.22. The first-order valence-corrected chi connectivity index (χ1v) is 13.0. The molecule has 0 heterocycles. The van der Waals surface area contributed by atoms with Gasteiger partial charge in [0, 0.05) is 12.2 Å². The molecule has 198 valence electrons. The van der Waals surface area contributed by atoms with Gasteiger partial charge >= 0.3 is 107 Å². The van der Waals surface area contributed by atoms with Crippen molar-refractivity contribution < 1.29 is 29.7 Å². The van der Waals surface area contributed by atoms with Crippen LogP contribution in [0.4, 0.5) is 5.69 Å². The Hall–Kier alpha value is 0.430. The fourth-order valence-electron chi connectivity index (χ4n) is 4.22. The van der Waals surface area contributed by atoms with Gasteiger partial charge < -0.3 is 20.6 Å². The maximum atomic E-state index is 11.4. The minimum absolute atomic E-state index is 0. The molecule has 1 aromatic carbocycles. The molecule has 4 N–H and O–H groups in total. The third-order valence-corrected chi connectivity index (χ3v) is 6.17. The molecule has 7 nitrogen and oxygen atoms in total. The van der Waals surface area contributed by atoms with Gasteiger partial charge in [0.1, 0.15) is 0 Å². The topological polar surface area (TPSA) is 124 Å². The van der Waals surface area contributed by atoms with E-state index in [1.807, 2.05) is 0 Å². The number of carboxylic acids is 3. The summed E-state index contributed by atoms with van der Waals surface area (Å²) in [4.78, 5) is 34.1. The zero-order chi connectivity index (χ0) is 25.2. The Morgan fingerprint density at radius 1 is 0.568 bits per heavy atom. The maximum absolute atomic E-state index is 11.4.